The number of nitrogens with zero attached hydrogens (tertiary/aromatic N) is 2. The predicted octanol–water partition coefficient (Wildman–Crippen LogP) is 4.32. The fraction of sp³-hybridized carbons (Fsp3) is 0.381. The van der Waals surface area contributed by atoms with Crippen LogP contribution in [-0.4, -0.2) is 35.8 Å². The number of likely N-dealkylation sites (tertiary alicyclic amines) is 1. The van der Waals surface area contributed by atoms with E-state index in [2.05, 4.69) is 51.2 Å². The Bertz CT molecular complexity index is 704. The van der Waals surface area contributed by atoms with Crippen LogP contribution >= 0.6 is 15.9 Å². The van der Waals surface area contributed by atoms with E-state index in [1.54, 1.807) is 0 Å². The molecule has 0 unspecified atom stereocenters. The van der Waals surface area contributed by atoms with Crippen molar-refractivity contribution in [2.45, 2.75) is 25.9 Å². The van der Waals surface area contributed by atoms with Crippen LogP contribution in [0.1, 0.15) is 24.0 Å². The van der Waals surface area contributed by atoms with Crippen LogP contribution < -0.4 is 0 Å². The third kappa shape index (κ3) is 4.93. The number of hydrogen-bond acceptors (Lipinski definition) is 2. The summed E-state index contributed by atoms with van der Waals surface area (Å²) >= 11 is 3.63. The molecule has 1 fully saturated rings. The molecule has 1 saturated heterocycles. The lowest BCUT2D eigenvalue weighted by molar-refractivity contribution is -0.136. The van der Waals surface area contributed by atoms with Crippen LogP contribution in [0.25, 0.3) is 0 Å². The zero-order valence-corrected chi connectivity index (χ0v) is 16.3. The molecule has 4 heteroatoms. The molecular weight excluding hydrogens is 376 g/mol. The van der Waals surface area contributed by atoms with Gasteiger partial charge < -0.3 is 4.90 Å². The number of amides is 1. The minimum atomic E-state index is 0.102. The van der Waals surface area contributed by atoms with Crippen LogP contribution in [0.15, 0.2) is 59.1 Å². The van der Waals surface area contributed by atoms with Gasteiger partial charge in [-0.15, -0.1) is 0 Å². The predicted molar refractivity (Wildman–Crippen MR) is 105 cm³/mol. The third-order valence-electron chi connectivity index (χ3n) is 4.85. The van der Waals surface area contributed by atoms with Crippen molar-refractivity contribution in [1.82, 2.24) is 9.80 Å². The minimum absolute atomic E-state index is 0.102. The maximum absolute atomic E-state index is 12.9. The van der Waals surface area contributed by atoms with E-state index in [1.165, 1.54) is 11.1 Å². The summed E-state index contributed by atoms with van der Waals surface area (Å²) in [6.07, 6.45) is 2.07. The van der Waals surface area contributed by atoms with Gasteiger partial charge >= 0.3 is 0 Å². The Kier molecular flexibility index (Phi) is 6.27. The molecule has 132 valence electrons. The summed E-state index contributed by atoms with van der Waals surface area (Å²) in [6, 6.07) is 18.5. The minimum Gasteiger partial charge on any atom is -0.341 e. The summed E-state index contributed by atoms with van der Waals surface area (Å²) in [7, 11) is 1.92. The molecule has 25 heavy (non-hydrogen) atoms. The van der Waals surface area contributed by atoms with Crippen molar-refractivity contribution >= 4 is 21.8 Å². The van der Waals surface area contributed by atoms with E-state index in [1.807, 2.05) is 36.2 Å². The van der Waals surface area contributed by atoms with E-state index in [0.29, 0.717) is 6.54 Å². The molecule has 0 radical (unpaired) electrons. The number of carbonyl (C=O) groups is 1. The van der Waals surface area contributed by atoms with Crippen LogP contribution in [-0.2, 0) is 17.9 Å². The molecule has 3 nitrogen and oxygen atoms in total. The Labute approximate surface area is 158 Å². The molecule has 1 amide bonds. The van der Waals surface area contributed by atoms with E-state index < -0.39 is 0 Å². The normalized spacial score (nSPS) is 18.1. The highest BCUT2D eigenvalue weighted by Crippen LogP contribution is 2.23. The molecule has 2 aromatic rings. The fourth-order valence-electron chi connectivity index (χ4n) is 3.52. The summed E-state index contributed by atoms with van der Waals surface area (Å²) in [4.78, 5) is 17.1. The van der Waals surface area contributed by atoms with Gasteiger partial charge in [-0.2, -0.15) is 0 Å². The van der Waals surface area contributed by atoms with Crippen LogP contribution in [0, 0.1) is 5.92 Å². The third-order valence-corrected chi connectivity index (χ3v) is 5.62. The second-order valence-corrected chi connectivity index (χ2v) is 7.70. The maximum atomic E-state index is 12.9. The molecule has 0 saturated carbocycles. The Balaban J connectivity index is 1.58. The first-order valence-electron chi connectivity index (χ1n) is 8.88. The first-order valence-corrected chi connectivity index (χ1v) is 9.67. The van der Waals surface area contributed by atoms with Crippen LogP contribution in [0.2, 0.25) is 0 Å². The molecule has 1 atom stereocenters. The Hall–Kier alpha value is -1.65. The summed E-state index contributed by atoms with van der Waals surface area (Å²) in [5.74, 6) is 0.366. The van der Waals surface area contributed by atoms with E-state index in [-0.39, 0.29) is 11.8 Å². The molecule has 2 aromatic carbocycles. The van der Waals surface area contributed by atoms with Crippen molar-refractivity contribution < 1.29 is 4.79 Å². The van der Waals surface area contributed by atoms with E-state index >= 15 is 0 Å². The highest BCUT2D eigenvalue weighted by Gasteiger charge is 2.28. The number of carbonyl (C=O) groups excluding carboxylic acids is 1. The van der Waals surface area contributed by atoms with Gasteiger partial charge in [0.25, 0.3) is 0 Å². The maximum Gasteiger partial charge on any atom is 0.227 e. The topological polar surface area (TPSA) is 23.6 Å². The summed E-state index contributed by atoms with van der Waals surface area (Å²) in [5.41, 5.74) is 2.47. The highest BCUT2D eigenvalue weighted by molar-refractivity contribution is 9.10. The Morgan fingerprint density at radius 3 is 2.64 bits per heavy atom. The number of piperidine rings is 1. The number of halogens is 1. The van der Waals surface area contributed by atoms with Crippen LogP contribution in [0.5, 0.6) is 0 Å². The largest absolute Gasteiger partial charge is 0.341 e. The van der Waals surface area contributed by atoms with E-state index in [0.717, 1.165) is 36.9 Å². The molecule has 1 aliphatic rings. The van der Waals surface area contributed by atoms with Gasteiger partial charge in [-0.05, 0) is 36.6 Å². The first kappa shape index (κ1) is 18.2. The van der Waals surface area contributed by atoms with Crippen molar-refractivity contribution in [3.63, 3.8) is 0 Å². The number of rotatable bonds is 5. The Morgan fingerprint density at radius 2 is 1.88 bits per heavy atom. The van der Waals surface area contributed by atoms with Gasteiger partial charge in [-0.25, -0.2) is 0 Å². The zero-order chi connectivity index (χ0) is 17.6. The molecule has 0 N–H and O–H groups in total. The molecular formula is C21H25BrN2O. The van der Waals surface area contributed by atoms with Gasteiger partial charge in [0, 0.05) is 31.2 Å². The summed E-state index contributed by atoms with van der Waals surface area (Å²) < 4.78 is 1.14. The van der Waals surface area contributed by atoms with Crippen molar-refractivity contribution in [1.29, 1.82) is 0 Å². The van der Waals surface area contributed by atoms with Crippen LogP contribution in [0.3, 0.4) is 0 Å². The molecule has 1 aliphatic heterocycles. The van der Waals surface area contributed by atoms with E-state index in [9.17, 15) is 4.79 Å². The van der Waals surface area contributed by atoms with Crippen molar-refractivity contribution in [2.75, 3.05) is 20.1 Å². The average molecular weight is 401 g/mol. The molecule has 0 aliphatic carbocycles. The van der Waals surface area contributed by atoms with E-state index in [4.69, 9.17) is 0 Å². The van der Waals surface area contributed by atoms with Crippen molar-refractivity contribution in [3.05, 3.63) is 70.2 Å². The average Bonchev–Trinajstić information content (AvgIpc) is 2.64. The summed E-state index contributed by atoms with van der Waals surface area (Å²) in [5, 5.41) is 0. The molecule has 3 rings (SSSR count). The zero-order valence-electron chi connectivity index (χ0n) is 14.7. The molecule has 0 bridgehead atoms. The van der Waals surface area contributed by atoms with Gasteiger partial charge in [-0.1, -0.05) is 64.5 Å². The van der Waals surface area contributed by atoms with Crippen LogP contribution in [0.4, 0.5) is 0 Å². The SMILES string of the molecule is CN(Cc1ccccc1)C(=O)[C@@H]1CCCN(Cc2ccccc2Br)C1. The van der Waals surface area contributed by atoms with Gasteiger partial charge in [-0.3, -0.25) is 9.69 Å². The first-order chi connectivity index (χ1) is 12.1. The lowest BCUT2D eigenvalue weighted by Crippen LogP contribution is -2.43. The van der Waals surface area contributed by atoms with Gasteiger partial charge in [0.2, 0.25) is 5.91 Å². The smallest absolute Gasteiger partial charge is 0.227 e. The monoisotopic (exact) mass is 400 g/mol. The van der Waals surface area contributed by atoms with Gasteiger partial charge in [0.15, 0.2) is 0 Å². The quantitative estimate of drug-likeness (QED) is 0.745. The standard InChI is InChI=1S/C21H25BrN2O/c1-23(14-17-8-3-2-4-9-17)21(25)19-11-7-13-24(16-19)15-18-10-5-6-12-20(18)22/h2-6,8-10,12,19H,7,11,13-16H2,1H3/t19-/m1/s1. The van der Waals surface area contributed by atoms with Gasteiger partial charge in [0.05, 0.1) is 5.92 Å². The number of hydrogen-bond donors (Lipinski definition) is 0. The van der Waals surface area contributed by atoms with Crippen molar-refractivity contribution in [3.8, 4) is 0 Å². The molecule has 1 heterocycles. The summed E-state index contributed by atoms with van der Waals surface area (Å²) in [6.45, 7) is 3.49. The second-order valence-electron chi connectivity index (χ2n) is 6.85. The lowest BCUT2D eigenvalue weighted by Gasteiger charge is -2.34. The fourth-order valence-corrected chi connectivity index (χ4v) is 3.93. The lowest BCUT2D eigenvalue weighted by atomic mass is 9.96. The second kappa shape index (κ2) is 8.63. The molecule has 0 aromatic heterocycles. The van der Waals surface area contributed by atoms with Gasteiger partial charge in [0.1, 0.15) is 0 Å². The highest BCUT2D eigenvalue weighted by atomic mass is 79.9. The molecule has 0 spiro atoms. The van der Waals surface area contributed by atoms with Crippen molar-refractivity contribution in [2.24, 2.45) is 5.92 Å². The Morgan fingerprint density at radius 1 is 1.16 bits per heavy atom. The number of benzene rings is 2.